The highest BCUT2D eigenvalue weighted by Gasteiger charge is 2.14. The molecule has 0 amide bonds. The molecule has 2 aromatic rings. The molecule has 0 bridgehead atoms. The molecule has 2 heterocycles. The standard InChI is InChI=1S/C15H19N3/c1-11-7-12(2)15(18-9-11)14(16-3)8-13-5-4-6-17-10-13/h4-7,9-10,14,16H,8H2,1-3H3. The Labute approximate surface area is 108 Å². The van der Waals surface area contributed by atoms with E-state index < -0.39 is 0 Å². The zero-order chi connectivity index (χ0) is 13.0. The molecule has 2 aromatic heterocycles. The van der Waals surface area contributed by atoms with Crippen molar-refractivity contribution in [1.82, 2.24) is 15.3 Å². The number of hydrogen-bond acceptors (Lipinski definition) is 3. The number of pyridine rings is 2. The molecule has 1 unspecified atom stereocenters. The first-order chi connectivity index (χ1) is 8.70. The Morgan fingerprint density at radius 1 is 1.28 bits per heavy atom. The summed E-state index contributed by atoms with van der Waals surface area (Å²) in [4.78, 5) is 8.72. The molecule has 0 saturated heterocycles. The summed E-state index contributed by atoms with van der Waals surface area (Å²) in [5, 5.41) is 3.34. The zero-order valence-corrected chi connectivity index (χ0v) is 11.1. The molecule has 3 heteroatoms. The number of rotatable bonds is 4. The van der Waals surface area contributed by atoms with E-state index in [0.717, 1.165) is 12.1 Å². The van der Waals surface area contributed by atoms with E-state index in [1.807, 2.05) is 25.5 Å². The summed E-state index contributed by atoms with van der Waals surface area (Å²) in [5.74, 6) is 0. The van der Waals surface area contributed by atoms with E-state index in [4.69, 9.17) is 0 Å². The van der Waals surface area contributed by atoms with Crippen LogP contribution in [-0.4, -0.2) is 17.0 Å². The Morgan fingerprint density at radius 2 is 2.11 bits per heavy atom. The minimum Gasteiger partial charge on any atom is -0.311 e. The smallest absolute Gasteiger partial charge is 0.0605 e. The predicted octanol–water partition coefficient (Wildman–Crippen LogP) is 2.60. The monoisotopic (exact) mass is 241 g/mol. The Balaban J connectivity index is 2.23. The second-order valence-electron chi connectivity index (χ2n) is 4.62. The third kappa shape index (κ3) is 2.93. The molecular weight excluding hydrogens is 222 g/mol. The summed E-state index contributed by atoms with van der Waals surface area (Å²) in [6.07, 6.45) is 6.54. The van der Waals surface area contributed by atoms with Gasteiger partial charge in [-0.1, -0.05) is 12.1 Å². The van der Waals surface area contributed by atoms with Crippen LogP contribution in [0, 0.1) is 13.8 Å². The van der Waals surface area contributed by atoms with Gasteiger partial charge in [-0.3, -0.25) is 9.97 Å². The van der Waals surface area contributed by atoms with Crippen molar-refractivity contribution in [3.63, 3.8) is 0 Å². The molecule has 2 rings (SSSR count). The van der Waals surface area contributed by atoms with Crippen LogP contribution in [0.4, 0.5) is 0 Å². The Kier molecular flexibility index (Phi) is 4.05. The van der Waals surface area contributed by atoms with Crippen molar-refractivity contribution in [2.24, 2.45) is 0 Å². The van der Waals surface area contributed by atoms with Gasteiger partial charge in [-0.2, -0.15) is 0 Å². The van der Waals surface area contributed by atoms with Gasteiger partial charge in [0.2, 0.25) is 0 Å². The maximum Gasteiger partial charge on any atom is 0.0605 e. The third-order valence-corrected chi connectivity index (χ3v) is 3.10. The van der Waals surface area contributed by atoms with Crippen molar-refractivity contribution in [2.45, 2.75) is 26.3 Å². The summed E-state index contributed by atoms with van der Waals surface area (Å²) >= 11 is 0. The molecule has 0 aliphatic rings. The highest BCUT2D eigenvalue weighted by molar-refractivity contribution is 5.27. The fraction of sp³-hybridized carbons (Fsp3) is 0.333. The summed E-state index contributed by atoms with van der Waals surface area (Å²) in [6, 6.07) is 6.48. The van der Waals surface area contributed by atoms with E-state index in [1.165, 1.54) is 16.7 Å². The maximum atomic E-state index is 4.56. The molecule has 0 aromatic carbocycles. The quantitative estimate of drug-likeness (QED) is 0.894. The Bertz CT molecular complexity index is 508. The first-order valence-corrected chi connectivity index (χ1v) is 6.20. The van der Waals surface area contributed by atoms with Crippen LogP contribution >= 0.6 is 0 Å². The number of nitrogens with zero attached hydrogens (tertiary/aromatic N) is 2. The van der Waals surface area contributed by atoms with E-state index in [0.29, 0.717) is 0 Å². The highest BCUT2D eigenvalue weighted by atomic mass is 14.9. The van der Waals surface area contributed by atoms with Crippen molar-refractivity contribution in [3.8, 4) is 0 Å². The van der Waals surface area contributed by atoms with Gasteiger partial charge in [0.05, 0.1) is 11.7 Å². The van der Waals surface area contributed by atoms with Crippen LogP contribution < -0.4 is 5.32 Å². The third-order valence-electron chi connectivity index (χ3n) is 3.10. The average molecular weight is 241 g/mol. The van der Waals surface area contributed by atoms with Crippen molar-refractivity contribution in [2.75, 3.05) is 7.05 Å². The Morgan fingerprint density at radius 3 is 2.72 bits per heavy atom. The summed E-state index contributed by atoms with van der Waals surface area (Å²) in [5.41, 5.74) is 4.77. The SMILES string of the molecule is CNC(Cc1cccnc1)c1ncc(C)cc1C. The molecule has 94 valence electrons. The molecule has 18 heavy (non-hydrogen) atoms. The Hall–Kier alpha value is -1.74. The summed E-state index contributed by atoms with van der Waals surface area (Å²) in [6.45, 7) is 4.18. The molecule has 0 spiro atoms. The van der Waals surface area contributed by atoms with Crippen LogP contribution in [0.5, 0.6) is 0 Å². The molecular formula is C15H19N3. The van der Waals surface area contributed by atoms with E-state index in [2.05, 4.69) is 41.3 Å². The number of likely N-dealkylation sites (N-methyl/N-ethyl adjacent to an activating group) is 1. The van der Waals surface area contributed by atoms with Crippen LogP contribution in [0.25, 0.3) is 0 Å². The molecule has 1 N–H and O–H groups in total. The minimum absolute atomic E-state index is 0.231. The number of nitrogens with one attached hydrogen (secondary N) is 1. The van der Waals surface area contributed by atoms with Gasteiger partial charge in [-0.15, -0.1) is 0 Å². The van der Waals surface area contributed by atoms with Gasteiger partial charge in [0.25, 0.3) is 0 Å². The first-order valence-electron chi connectivity index (χ1n) is 6.20. The molecule has 0 saturated carbocycles. The minimum atomic E-state index is 0.231. The van der Waals surface area contributed by atoms with Crippen molar-refractivity contribution in [3.05, 3.63) is 59.2 Å². The van der Waals surface area contributed by atoms with Gasteiger partial charge in [0.1, 0.15) is 0 Å². The molecule has 0 radical (unpaired) electrons. The highest BCUT2D eigenvalue weighted by Crippen LogP contribution is 2.19. The van der Waals surface area contributed by atoms with Gasteiger partial charge in [0.15, 0.2) is 0 Å². The lowest BCUT2D eigenvalue weighted by atomic mass is 10.0. The lowest BCUT2D eigenvalue weighted by Crippen LogP contribution is -2.21. The van der Waals surface area contributed by atoms with Crippen molar-refractivity contribution in [1.29, 1.82) is 0 Å². The van der Waals surface area contributed by atoms with Crippen molar-refractivity contribution < 1.29 is 0 Å². The molecule has 0 fully saturated rings. The fourth-order valence-corrected chi connectivity index (χ4v) is 2.18. The lowest BCUT2D eigenvalue weighted by Gasteiger charge is -2.18. The largest absolute Gasteiger partial charge is 0.311 e. The maximum absolute atomic E-state index is 4.56. The summed E-state index contributed by atoms with van der Waals surface area (Å²) in [7, 11) is 1.97. The number of aromatic nitrogens is 2. The lowest BCUT2D eigenvalue weighted by molar-refractivity contribution is 0.571. The topological polar surface area (TPSA) is 37.8 Å². The van der Waals surface area contributed by atoms with Gasteiger partial charge < -0.3 is 5.32 Å². The average Bonchev–Trinajstić information content (AvgIpc) is 2.38. The van der Waals surface area contributed by atoms with Crippen LogP contribution in [0.1, 0.15) is 28.4 Å². The van der Waals surface area contributed by atoms with Gasteiger partial charge >= 0.3 is 0 Å². The molecule has 0 aliphatic carbocycles. The molecule has 1 atom stereocenters. The van der Waals surface area contributed by atoms with E-state index in [-0.39, 0.29) is 6.04 Å². The van der Waals surface area contributed by atoms with E-state index in [9.17, 15) is 0 Å². The van der Waals surface area contributed by atoms with Gasteiger partial charge in [-0.25, -0.2) is 0 Å². The van der Waals surface area contributed by atoms with E-state index >= 15 is 0 Å². The summed E-state index contributed by atoms with van der Waals surface area (Å²) < 4.78 is 0. The van der Waals surface area contributed by atoms with Crippen LogP contribution in [-0.2, 0) is 6.42 Å². The second kappa shape index (κ2) is 5.74. The normalized spacial score (nSPS) is 12.4. The molecule has 0 aliphatic heterocycles. The van der Waals surface area contributed by atoms with E-state index in [1.54, 1.807) is 6.20 Å². The van der Waals surface area contributed by atoms with Gasteiger partial charge in [-0.05, 0) is 50.1 Å². The van der Waals surface area contributed by atoms with Crippen LogP contribution in [0.3, 0.4) is 0 Å². The van der Waals surface area contributed by atoms with Crippen molar-refractivity contribution >= 4 is 0 Å². The second-order valence-corrected chi connectivity index (χ2v) is 4.62. The van der Waals surface area contributed by atoms with Crippen LogP contribution in [0.2, 0.25) is 0 Å². The number of hydrogen-bond donors (Lipinski definition) is 1. The predicted molar refractivity (Wildman–Crippen MR) is 73.5 cm³/mol. The van der Waals surface area contributed by atoms with Crippen LogP contribution in [0.15, 0.2) is 36.8 Å². The zero-order valence-electron chi connectivity index (χ0n) is 11.1. The first kappa shape index (κ1) is 12.7. The fourth-order valence-electron chi connectivity index (χ4n) is 2.18. The molecule has 3 nitrogen and oxygen atoms in total. The van der Waals surface area contributed by atoms with Gasteiger partial charge in [0, 0.05) is 18.6 Å². The number of aryl methyl sites for hydroxylation is 2.